The monoisotopic (exact) mass is 301 g/mol. The molecule has 2 aromatic carbocycles. The maximum Gasteiger partial charge on any atom is 0.336 e. The number of pyridine rings is 1. The maximum atomic E-state index is 11.8. The summed E-state index contributed by atoms with van der Waals surface area (Å²) in [7, 11) is 0. The van der Waals surface area contributed by atoms with E-state index in [4.69, 9.17) is 4.98 Å². The summed E-state index contributed by atoms with van der Waals surface area (Å²) in [6.07, 6.45) is 3.67. The molecule has 0 aliphatic heterocycles. The Labute approximate surface area is 133 Å². The first-order chi connectivity index (χ1) is 11.2. The maximum absolute atomic E-state index is 11.8. The van der Waals surface area contributed by atoms with E-state index in [2.05, 4.69) is 6.08 Å². The molecule has 1 N–H and O–H groups in total. The third-order valence-corrected chi connectivity index (χ3v) is 4.30. The van der Waals surface area contributed by atoms with Crippen molar-refractivity contribution in [3.8, 4) is 0 Å². The third-order valence-electron chi connectivity index (χ3n) is 4.30. The Morgan fingerprint density at radius 1 is 1.00 bits per heavy atom. The second-order valence-electron chi connectivity index (χ2n) is 5.72. The first-order valence-corrected chi connectivity index (χ1v) is 7.65. The van der Waals surface area contributed by atoms with Crippen LogP contribution in [0, 0.1) is 0 Å². The molecule has 0 unspecified atom stereocenters. The van der Waals surface area contributed by atoms with Gasteiger partial charge in [-0.3, -0.25) is 0 Å². The Hall–Kier alpha value is -2.94. The Kier molecular flexibility index (Phi) is 3.19. The predicted octanol–water partition coefficient (Wildman–Crippen LogP) is 4.42. The van der Waals surface area contributed by atoms with Gasteiger partial charge in [-0.25, -0.2) is 9.78 Å². The van der Waals surface area contributed by atoms with Crippen LogP contribution in [0.15, 0.2) is 54.6 Å². The molecule has 4 rings (SSSR count). The molecule has 3 nitrogen and oxygen atoms in total. The van der Waals surface area contributed by atoms with Crippen LogP contribution in [0.25, 0.3) is 22.6 Å². The minimum Gasteiger partial charge on any atom is -0.478 e. The summed E-state index contributed by atoms with van der Waals surface area (Å²) in [4.78, 5) is 16.5. The summed E-state index contributed by atoms with van der Waals surface area (Å²) < 4.78 is 0. The third kappa shape index (κ3) is 2.30. The fourth-order valence-electron chi connectivity index (χ4n) is 3.27. The van der Waals surface area contributed by atoms with Crippen LogP contribution in [0.5, 0.6) is 0 Å². The van der Waals surface area contributed by atoms with Crippen LogP contribution in [-0.4, -0.2) is 16.1 Å². The van der Waals surface area contributed by atoms with Crippen LogP contribution < -0.4 is 0 Å². The van der Waals surface area contributed by atoms with Crippen LogP contribution in [0.4, 0.5) is 0 Å². The highest BCUT2D eigenvalue weighted by Gasteiger charge is 2.26. The van der Waals surface area contributed by atoms with Crippen LogP contribution >= 0.6 is 0 Å². The van der Waals surface area contributed by atoms with Gasteiger partial charge in [-0.1, -0.05) is 48.5 Å². The number of carboxylic acids is 1. The molecule has 3 heteroatoms. The van der Waals surface area contributed by atoms with Crippen molar-refractivity contribution in [3.63, 3.8) is 0 Å². The van der Waals surface area contributed by atoms with E-state index in [0.717, 1.165) is 46.1 Å². The van der Waals surface area contributed by atoms with Gasteiger partial charge in [0.05, 0.1) is 16.8 Å². The average molecular weight is 301 g/mol. The second-order valence-corrected chi connectivity index (χ2v) is 5.72. The standard InChI is InChI=1S/C20H15NO2/c22-20(23)18-15-8-4-5-9-17(15)21-19-14(10-11-16(18)19)12-13-6-2-1-3-7-13/h1-9,12H,10-11H2,(H,22,23)/b14-12+. The highest BCUT2D eigenvalue weighted by Crippen LogP contribution is 2.37. The van der Waals surface area contributed by atoms with Gasteiger partial charge in [-0.2, -0.15) is 0 Å². The molecule has 0 spiro atoms. The molecule has 0 bridgehead atoms. The van der Waals surface area contributed by atoms with E-state index < -0.39 is 5.97 Å². The number of hydrogen-bond acceptors (Lipinski definition) is 2. The predicted molar refractivity (Wildman–Crippen MR) is 91.3 cm³/mol. The van der Waals surface area contributed by atoms with Crippen LogP contribution in [0.3, 0.4) is 0 Å². The lowest BCUT2D eigenvalue weighted by Crippen LogP contribution is -2.05. The van der Waals surface area contributed by atoms with E-state index >= 15 is 0 Å². The van der Waals surface area contributed by atoms with E-state index in [1.54, 1.807) is 0 Å². The quantitative estimate of drug-likeness (QED) is 0.762. The number of nitrogens with zero attached hydrogens (tertiary/aromatic N) is 1. The molecule has 1 aliphatic rings. The molecule has 0 radical (unpaired) electrons. The van der Waals surface area contributed by atoms with Crippen LogP contribution in [-0.2, 0) is 6.42 Å². The molecule has 23 heavy (non-hydrogen) atoms. The molecule has 0 amide bonds. The van der Waals surface area contributed by atoms with Crippen molar-refractivity contribution < 1.29 is 9.90 Å². The summed E-state index contributed by atoms with van der Waals surface area (Å²) in [5, 5.41) is 10.4. The SMILES string of the molecule is O=C(O)c1c2c(nc3ccccc13)/C(=C/c1ccccc1)CC2. The normalized spacial score (nSPS) is 15.0. The number of para-hydroxylation sites is 1. The van der Waals surface area contributed by atoms with Crippen molar-refractivity contribution >= 4 is 28.5 Å². The number of carboxylic acid groups (broad SMARTS) is 1. The number of allylic oxidation sites excluding steroid dienone is 1. The first-order valence-electron chi connectivity index (χ1n) is 7.65. The molecule has 0 fully saturated rings. The largest absolute Gasteiger partial charge is 0.478 e. The Morgan fingerprint density at radius 3 is 2.52 bits per heavy atom. The minimum atomic E-state index is -0.874. The number of hydrogen-bond donors (Lipinski definition) is 1. The highest BCUT2D eigenvalue weighted by molar-refractivity contribution is 6.06. The number of rotatable bonds is 2. The van der Waals surface area contributed by atoms with E-state index in [1.807, 2.05) is 54.6 Å². The Balaban J connectivity index is 1.96. The lowest BCUT2D eigenvalue weighted by atomic mass is 10.0. The van der Waals surface area contributed by atoms with Gasteiger partial charge in [0.15, 0.2) is 0 Å². The Morgan fingerprint density at radius 2 is 1.74 bits per heavy atom. The van der Waals surface area contributed by atoms with E-state index in [-0.39, 0.29) is 0 Å². The zero-order valence-corrected chi connectivity index (χ0v) is 12.5. The van der Waals surface area contributed by atoms with Crippen molar-refractivity contribution in [2.45, 2.75) is 12.8 Å². The van der Waals surface area contributed by atoms with Crippen molar-refractivity contribution in [3.05, 3.63) is 77.0 Å². The molecule has 1 aromatic heterocycles. The van der Waals surface area contributed by atoms with E-state index in [0.29, 0.717) is 5.56 Å². The van der Waals surface area contributed by atoms with Crippen LogP contribution in [0.2, 0.25) is 0 Å². The topological polar surface area (TPSA) is 50.2 Å². The summed E-state index contributed by atoms with van der Waals surface area (Å²) in [5.74, 6) is -0.874. The first kappa shape index (κ1) is 13.7. The molecular weight excluding hydrogens is 286 g/mol. The zero-order valence-electron chi connectivity index (χ0n) is 12.5. The summed E-state index contributed by atoms with van der Waals surface area (Å²) in [5.41, 5.74) is 5.07. The molecule has 0 saturated carbocycles. The number of benzene rings is 2. The average Bonchev–Trinajstić information content (AvgIpc) is 2.95. The lowest BCUT2D eigenvalue weighted by Gasteiger charge is -2.09. The van der Waals surface area contributed by atoms with Gasteiger partial charge in [0.25, 0.3) is 0 Å². The summed E-state index contributed by atoms with van der Waals surface area (Å²) in [6.45, 7) is 0. The van der Waals surface area contributed by atoms with Gasteiger partial charge in [0.1, 0.15) is 0 Å². The van der Waals surface area contributed by atoms with Gasteiger partial charge in [-0.05, 0) is 41.7 Å². The van der Waals surface area contributed by atoms with Crippen molar-refractivity contribution in [1.29, 1.82) is 0 Å². The highest BCUT2D eigenvalue weighted by atomic mass is 16.4. The fourth-order valence-corrected chi connectivity index (χ4v) is 3.27. The lowest BCUT2D eigenvalue weighted by molar-refractivity contribution is 0.0698. The van der Waals surface area contributed by atoms with Crippen molar-refractivity contribution in [2.24, 2.45) is 0 Å². The van der Waals surface area contributed by atoms with Gasteiger partial charge in [0, 0.05) is 5.39 Å². The summed E-state index contributed by atoms with van der Waals surface area (Å²) in [6, 6.07) is 17.5. The van der Waals surface area contributed by atoms with E-state index in [9.17, 15) is 9.90 Å². The summed E-state index contributed by atoms with van der Waals surface area (Å²) >= 11 is 0. The van der Waals surface area contributed by atoms with Crippen LogP contribution in [0.1, 0.15) is 33.6 Å². The van der Waals surface area contributed by atoms with Gasteiger partial charge >= 0.3 is 5.97 Å². The molecule has 1 heterocycles. The molecule has 112 valence electrons. The molecule has 0 saturated heterocycles. The van der Waals surface area contributed by atoms with Gasteiger partial charge < -0.3 is 5.11 Å². The Bertz CT molecular complexity index is 943. The van der Waals surface area contributed by atoms with Crippen molar-refractivity contribution in [1.82, 2.24) is 4.98 Å². The molecule has 0 atom stereocenters. The van der Waals surface area contributed by atoms with E-state index in [1.165, 1.54) is 0 Å². The number of aromatic nitrogens is 1. The molecular formula is C20H15NO2. The zero-order chi connectivity index (χ0) is 15.8. The second kappa shape index (κ2) is 5.36. The number of carbonyl (C=O) groups is 1. The number of fused-ring (bicyclic) bond motifs is 2. The van der Waals surface area contributed by atoms with Crippen molar-refractivity contribution in [2.75, 3.05) is 0 Å². The smallest absolute Gasteiger partial charge is 0.336 e. The number of aromatic carboxylic acids is 1. The van der Waals surface area contributed by atoms with Gasteiger partial charge in [0.2, 0.25) is 0 Å². The minimum absolute atomic E-state index is 0.405. The molecule has 3 aromatic rings. The fraction of sp³-hybridized carbons (Fsp3) is 0.100. The van der Waals surface area contributed by atoms with Gasteiger partial charge in [-0.15, -0.1) is 0 Å². The molecule has 1 aliphatic carbocycles.